The van der Waals surface area contributed by atoms with Crippen molar-refractivity contribution in [2.45, 2.75) is 13.2 Å². The molecule has 5 rings (SSSR count). The standard InChI is InChI=1S/C26H19ClFNO6S/c1-32-21-8-16(4-7-20(21)33-13-15-2-5-18(28)6-3-15)9-24-25(30)29(26(31)36-24)12-17-10-22-23(11-19(17)27)35-14-34-22/h2-11H,12-14H2,1H3/b24-9-. The zero-order valence-corrected chi connectivity index (χ0v) is 20.5. The Morgan fingerprint density at radius 1 is 1.06 bits per heavy atom. The highest BCUT2D eigenvalue weighted by Gasteiger charge is 2.35. The molecule has 1 fully saturated rings. The highest BCUT2D eigenvalue weighted by molar-refractivity contribution is 8.18. The van der Waals surface area contributed by atoms with Crippen LogP contribution in [0.2, 0.25) is 5.02 Å². The van der Waals surface area contributed by atoms with Crippen molar-refractivity contribution in [1.82, 2.24) is 4.90 Å². The monoisotopic (exact) mass is 527 g/mol. The zero-order valence-electron chi connectivity index (χ0n) is 19.0. The van der Waals surface area contributed by atoms with Gasteiger partial charge < -0.3 is 18.9 Å². The Morgan fingerprint density at radius 3 is 2.56 bits per heavy atom. The van der Waals surface area contributed by atoms with Crippen molar-refractivity contribution in [3.63, 3.8) is 0 Å². The Balaban J connectivity index is 1.30. The molecule has 2 amide bonds. The molecular formula is C26H19ClFNO6S. The Labute approximate surface area is 215 Å². The zero-order chi connectivity index (χ0) is 25.2. The maximum Gasteiger partial charge on any atom is 0.293 e. The lowest BCUT2D eigenvalue weighted by Gasteiger charge is -2.14. The molecule has 2 aliphatic heterocycles. The lowest BCUT2D eigenvalue weighted by atomic mass is 10.1. The van der Waals surface area contributed by atoms with Crippen LogP contribution in [0.25, 0.3) is 6.08 Å². The molecule has 2 heterocycles. The molecule has 2 aliphatic rings. The molecule has 0 atom stereocenters. The lowest BCUT2D eigenvalue weighted by molar-refractivity contribution is -0.123. The lowest BCUT2D eigenvalue weighted by Crippen LogP contribution is -2.27. The second-order valence-electron chi connectivity index (χ2n) is 7.89. The van der Waals surface area contributed by atoms with Gasteiger partial charge in [-0.1, -0.05) is 29.8 Å². The summed E-state index contributed by atoms with van der Waals surface area (Å²) in [7, 11) is 1.51. The van der Waals surface area contributed by atoms with E-state index in [0.29, 0.717) is 39.1 Å². The van der Waals surface area contributed by atoms with E-state index in [1.807, 2.05) is 0 Å². The van der Waals surface area contributed by atoms with Crippen LogP contribution < -0.4 is 18.9 Å². The van der Waals surface area contributed by atoms with Crippen LogP contribution in [0.3, 0.4) is 0 Å². The first-order chi connectivity index (χ1) is 17.4. The Morgan fingerprint density at radius 2 is 1.81 bits per heavy atom. The van der Waals surface area contributed by atoms with Gasteiger partial charge in [0.2, 0.25) is 6.79 Å². The van der Waals surface area contributed by atoms with Crippen molar-refractivity contribution in [3.8, 4) is 23.0 Å². The van der Waals surface area contributed by atoms with Gasteiger partial charge in [-0.3, -0.25) is 14.5 Å². The Hall–Kier alpha value is -3.69. The molecule has 0 unspecified atom stereocenters. The molecule has 10 heteroatoms. The highest BCUT2D eigenvalue weighted by atomic mass is 35.5. The van der Waals surface area contributed by atoms with Crippen LogP contribution in [0.1, 0.15) is 16.7 Å². The van der Waals surface area contributed by atoms with Crippen molar-refractivity contribution in [2.24, 2.45) is 0 Å². The molecule has 1 saturated heterocycles. The van der Waals surface area contributed by atoms with Crippen molar-refractivity contribution in [2.75, 3.05) is 13.9 Å². The maximum atomic E-state index is 13.1. The molecule has 184 valence electrons. The van der Waals surface area contributed by atoms with E-state index in [0.717, 1.165) is 22.2 Å². The predicted octanol–water partition coefficient (Wildman–Crippen LogP) is 6.03. The average molecular weight is 528 g/mol. The normalized spacial score (nSPS) is 15.6. The quantitative estimate of drug-likeness (QED) is 0.347. The number of amides is 2. The number of rotatable bonds is 7. The molecule has 3 aromatic rings. The summed E-state index contributed by atoms with van der Waals surface area (Å²) < 4.78 is 35.0. The van der Waals surface area contributed by atoms with Crippen LogP contribution in [0.5, 0.6) is 23.0 Å². The summed E-state index contributed by atoms with van der Waals surface area (Å²) in [5, 5.41) is -0.0190. The number of hydrogen-bond acceptors (Lipinski definition) is 7. The summed E-state index contributed by atoms with van der Waals surface area (Å²) in [6.45, 7) is 0.340. The summed E-state index contributed by atoms with van der Waals surface area (Å²) in [6.07, 6.45) is 1.62. The minimum Gasteiger partial charge on any atom is -0.493 e. The van der Waals surface area contributed by atoms with Crippen LogP contribution in [-0.2, 0) is 17.9 Å². The second kappa shape index (κ2) is 10.1. The number of imide groups is 1. The third-order valence-corrected chi connectivity index (χ3v) is 6.80. The number of benzene rings is 3. The number of ether oxygens (including phenoxy) is 4. The van der Waals surface area contributed by atoms with Crippen LogP contribution in [0, 0.1) is 5.82 Å². The molecule has 3 aromatic carbocycles. The number of fused-ring (bicyclic) bond motifs is 1. The largest absolute Gasteiger partial charge is 0.493 e. The summed E-state index contributed by atoms with van der Waals surface area (Å²) in [4.78, 5) is 27.0. The predicted molar refractivity (Wildman–Crippen MR) is 133 cm³/mol. The van der Waals surface area contributed by atoms with Gasteiger partial charge in [0.1, 0.15) is 12.4 Å². The van der Waals surface area contributed by atoms with E-state index in [4.69, 9.17) is 30.5 Å². The highest BCUT2D eigenvalue weighted by Crippen LogP contribution is 2.40. The Bertz CT molecular complexity index is 1380. The van der Waals surface area contributed by atoms with Crippen molar-refractivity contribution >= 4 is 40.6 Å². The van der Waals surface area contributed by atoms with Gasteiger partial charge >= 0.3 is 0 Å². The fraction of sp³-hybridized carbons (Fsp3) is 0.154. The number of halogens is 2. The minimum absolute atomic E-state index is 0.0109. The second-order valence-corrected chi connectivity index (χ2v) is 9.29. The van der Waals surface area contributed by atoms with Gasteiger partial charge in [0.15, 0.2) is 23.0 Å². The van der Waals surface area contributed by atoms with E-state index in [-0.39, 0.29) is 30.7 Å². The van der Waals surface area contributed by atoms with Crippen molar-refractivity contribution in [3.05, 3.63) is 87.0 Å². The van der Waals surface area contributed by atoms with Crippen LogP contribution in [0.15, 0.2) is 59.5 Å². The molecule has 0 spiro atoms. The molecule has 36 heavy (non-hydrogen) atoms. The number of hydrogen-bond donors (Lipinski definition) is 0. The van der Waals surface area contributed by atoms with E-state index in [2.05, 4.69) is 0 Å². The van der Waals surface area contributed by atoms with Gasteiger partial charge in [-0.05, 0) is 64.9 Å². The molecule has 0 N–H and O–H groups in total. The minimum atomic E-state index is -0.422. The number of thioether (sulfide) groups is 1. The van der Waals surface area contributed by atoms with E-state index in [1.165, 1.54) is 19.2 Å². The molecule has 0 bridgehead atoms. The van der Waals surface area contributed by atoms with E-state index >= 15 is 0 Å². The molecule has 0 aliphatic carbocycles. The summed E-state index contributed by atoms with van der Waals surface area (Å²) in [5.41, 5.74) is 2.04. The first-order valence-electron chi connectivity index (χ1n) is 10.8. The maximum absolute atomic E-state index is 13.1. The third-order valence-electron chi connectivity index (χ3n) is 5.54. The molecule has 7 nitrogen and oxygen atoms in total. The molecule has 0 radical (unpaired) electrons. The van der Waals surface area contributed by atoms with Gasteiger partial charge in [0.05, 0.1) is 18.6 Å². The van der Waals surface area contributed by atoms with Gasteiger partial charge in [0, 0.05) is 11.1 Å². The molecule has 0 aromatic heterocycles. The topological polar surface area (TPSA) is 74.3 Å². The number of carbonyl (C=O) groups is 2. The smallest absolute Gasteiger partial charge is 0.293 e. The summed E-state index contributed by atoms with van der Waals surface area (Å²) >= 11 is 7.17. The van der Waals surface area contributed by atoms with Crippen molar-refractivity contribution in [1.29, 1.82) is 0 Å². The Kier molecular flexibility index (Phi) is 6.75. The van der Waals surface area contributed by atoms with Gasteiger partial charge in [-0.15, -0.1) is 0 Å². The summed E-state index contributed by atoms with van der Waals surface area (Å²) in [6, 6.07) is 14.5. The SMILES string of the molecule is COc1cc(/C=C2\SC(=O)N(Cc3cc4c(cc3Cl)OCO4)C2=O)ccc1OCc1ccc(F)cc1. The van der Waals surface area contributed by atoms with Crippen LogP contribution >= 0.6 is 23.4 Å². The van der Waals surface area contributed by atoms with E-state index in [9.17, 15) is 14.0 Å². The summed E-state index contributed by atoms with van der Waals surface area (Å²) in [5.74, 6) is 1.25. The fourth-order valence-electron chi connectivity index (χ4n) is 3.67. The third kappa shape index (κ3) is 4.98. The van der Waals surface area contributed by atoms with E-state index < -0.39 is 11.1 Å². The molecule has 0 saturated carbocycles. The van der Waals surface area contributed by atoms with Crippen LogP contribution in [-0.4, -0.2) is 29.9 Å². The number of carbonyl (C=O) groups excluding carboxylic acids is 2. The van der Waals surface area contributed by atoms with Crippen LogP contribution in [0.4, 0.5) is 9.18 Å². The first kappa shape index (κ1) is 24.0. The van der Waals surface area contributed by atoms with Crippen molar-refractivity contribution < 1.29 is 32.9 Å². The number of nitrogens with zero attached hydrogens (tertiary/aromatic N) is 1. The molecular weight excluding hydrogens is 509 g/mol. The van der Waals surface area contributed by atoms with Gasteiger partial charge in [-0.2, -0.15) is 0 Å². The van der Waals surface area contributed by atoms with E-state index in [1.54, 1.807) is 48.5 Å². The first-order valence-corrected chi connectivity index (χ1v) is 12.0. The van der Waals surface area contributed by atoms with Gasteiger partial charge in [-0.25, -0.2) is 4.39 Å². The number of methoxy groups -OCH3 is 1. The van der Waals surface area contributed by atoms with Gasteiger partial charge in [0.25, 0.3) is 11.1 Å². The average Bonchev–Trinajstić information content (AvgIpc) is 3.43. The fourth-order valence-corrected chi connectivity index (χ4v) is 4.73.